The fourth-order valence-corrected chi connectivity index (χ4v) is 4.31. The van der Waals surface area contributed by atoms with E-state index < -0.39 is 41.5 Å². The van der Waals surface area contributed by atoms with Gasteiger partial charge in [-0.3, -0.25) is 4.79 Å². The van der Waals surface area contributed by atoms with Crippen molar-refractivity contribution >= 4 is 17.6 Å². The van der Waals surface area contributed by atoms with Gasteiger partial charge < -0.3 is 20.4 Å². The lowest BCUT2D eigenvalue weighted by Crippen LogP contribution is -2.40. The highest BCUT2D eigenvalue weighted by atomic mass is 19.3. The molecular formula is C26H34F2N4O4. The van der Waals surface area contributed by atoms with Crippen molar-refractivity contribution in [2.24, 2.45) is 5.92 Å². The van der Waals surface area contributed by atoms with Crippen molar-refractivity contribution in [1.29, 1.82) is 0 Å². The number of anilines is 1. The Hall–Kier alpha value is -3.30. The van der Waals surface area contributed by atoms with E-state index in [4.69, 9.17) is 0 Å². The number of aliphatic carboxylic acids is 1. The van der Waals surface area contributed by atoms with Gasteiger partial charge >= 0.3 is 5.97 Å². The average molecular weight is 505 g/mol. The Labute approximate surface area is 209 Å². The van der Waals surface area contributed by atoms with E-state index in [9.17, 15) is 28.6 Å². The van der Waals surface area contributed by atoms with Crippen LogP contribution in [-0.2, 0) is 16.6 Å². The summed E-state index contributed by atoms with van der Waals surface area (Å²) in [5.41, 5.74) is 0.906. The molecule has 0 bridgehead atoms. The smallest absolute Gasteiger partial charge is 0.326 e. The number of hydrogen-bond acceptors (Lipinski definition) is 6. The van der Waals surface area contributed by atoms with Gasteiger partial charge in [-0.2, -0.15) is 0 Å². The van der Waals surface area contributed by atoms with Gasteiger partial charge in [-0.25, -0.2) is 23.5 Å². The number of hydrogen-bond donors (Lipinski definition) is 3. The minimum Gasteiger partial charge on any atom is -0.504 e. The molecule has 0 aliphatic carbocycles. The van der Waals surface area contributed by atoms with Gasteiger partial charge in [0.2, 0.25) is 0 Å². The molecule has 1 unspecified atom stereocenters. The highest BCUT2D eigenvalue weighted by Crippen LogP contribution is 2.31. The van der Waals surface area contributed by atoms with E-state index in [1.54, 1.807) is 6.92 Å². The second-order valence-electron chi connectivity index (χ2n) is 10.2. The topological polar surface area (TPSA) is 116 Å². The molecule has 36 heavy (non-hydrogen) atoms. The van der Waals surface area contributed by atoms with E-state index in [1.165, 1.54) is 5.56 Å². The van der Waals surface area contributed by atoms with Crippen molar-refractivity contribution < 1.29 is 28.6 Å². The number of carbonyl (C=O) groups is 2. The number of alkyl halides is 2. The molecule has 1 aliphatic heterocycles. The molecule has 1 saturated heterocycles. The van der Waals surface area contributed by atoms with Crippen LogP contribution in [0.1, 0.15) is 81.0 Å². The van der Waals surface area contributed by atoms with Crippen LogP contribution in [0.3, 0.4) is 0 Å². The molecule has 3 N–H and O–H groups in total. The first-order valence-corrected chi connectivity index (χ1v) is 12.2. The third-order valence-electron chi connectivity index (χ3n) is 6.57. The molecule has 1 aromatic carbocycles. The molecule has 1 amide bonds. The summed E-state index contributed by atoms with van der Waals surface area (Å²) >= 11 is 0. The number of carboxylic acids is 1. The third kappa shape index (κ3) is 6.47. The van der Waals surface area contributed by atoms with Gasteiger partial charge in [-0.1, -0.05) is 39.8 Å². The number of amides is 1. The van der Waals surface area contributed by atoms with Crippen LogP contribution in [0.15, 0.2) is 24.3 Å². The molecule has 3 rings (SSSR count). The van der Waals surface area contributed by atoms with E-state index in [0.29, 0.717) is 0 Å². The fraction of sp³-hybridized carbons (Fsp3) is 0.538. The summed E-state index contributed by atoms with van der Waals surface area (Å²) in [5.74, 6) is -3.18. The van der Waals surface area contributed by atoms with Crippen LogP contribution in [0.5, 0.6) is 5.75 Å². The molecule has 2 heterocycles. The average Bonchev–Trinajstić information content (AvgIpc) is 2.83. The number of aromatic hydroxyl groups is 1. The maximum absolute atomic E-state index is 13.5. The molecule has 1 aliphatic rings. The fourth-order valence-electron chi connectivity index (χ4n) is 4.31. The monoisotopic (exact) mass is 504 g/mol. The maximum Gasteiger partial charge on any atom is 0.326 e. The predicted octanol–water partition coefficient (Wildman–Crippen LogP) is 4.47. The van der Waals surface area contributed by atoms with Crippen molar-refractivity contribution in [3.8, 4) is 5.75 Å². The highest BCUT2D eigenvalue weighted by Gasteiger charge is 2.29. The Morgan fingerprint density at radius 3 is 2.25 bits per heavy atom. The van der Waals surface area contributed by atoms with Gasteiger partial charge in [0.25, 0.3) is 12.3 Å². The van der Waals surface area contributed by atoms with Crippen LogP contribution < -0.4 is 10.2 Å². The molecule has 1 fully saturated rings. The number of nitrogens with zero attached hydrogens (tertiary/aromatic N) is 3. The van der Waals surface area contributed by atoms with E-state index in [2.05, 4.69) is 65.2 Å². The number of benzene rings is 1. The van der Waals surface area contributed by atoms with Crippen molar-refractivity contribution in [3.05, 3.63) is 47.0 Å². The minimum absolute atomic E-state index is 0.0320. The number of carbonyl (C=O) groups excluding carboxylic acids is 1. The van der Waals surface area contributed by atoms with Gasteiger partial charge in [0.05, 0.1) is 0 Å². The summed E-state index contributed by atoms with van der Waals surface area (Å²) in [5, 5.41) is 21.6. The van der Waals surface area contributed by atoms with Gasteiger partial charge in [0, 0.05) is 25.2 Å². The van der Waals surface area contributed by atoms with Gasteiger partial charge in [0.1, 0.15) is 11.9 Å². The summed E-state index contributed by atoms with van der Waals surface area (Å²) in [6.07, 6.45) is -1.19. The number of rotatable bonds is 8. The summed E-state index contributed by atoms with van der Waals surface area (Å²) in [7, 11) is 0. The maximum atomic E-state index is 13.5. The number of aromatic nitrogens is 2. The summed E-state index contributed by atoms with van der Waals surface area (Å²) in [6.45, 7) is 9.62. The minimum atomic E-state index is -3.11. The molecule has 0 radical (unpaired) electrons. The first-order chi connectivity index (χ1) is 16.9. The predicted molar refractivity (Wildman–Crippen MR) is 132 cm³/mol. The second-order valence-corrected chi connectivity index (χ2v) is 10.2. The number of nitrogens with one attached hydrogen (secondary N) is 1. The molecule has 1 aromatic heterocycles. The van der Waals surface area contributed by atoms with Gasteiger partial charge in [0.15, 0.2) is 17.1 Å². The molecule has 8 nitrogen and oxygen atoms in total. The molecule has 0 saturated carbocycles. The van der Waals surface area contributed by atoms with Gasteiger partial charge in [-0.15, -0.1) is 0 Å². The van der Waals surface area contributed by atoms with E-state index in [-0.39, 0.29) is 30.0 Å². The van der Waals surface area contributed by atoms with E-state index in [0.717, 1.165) is 31.6 Å². The zero-order valence-corrected chi connectivity index (χ0v) is 21.1. The first-order valence-electron chi connectivity index (χ1n) is 12.2. The Bertz CT molecular complexity index is 1080. The first kappa shape index (κ1) is 27.3. The number of piperidine rings is 1. The van der Waals surface area contributed by atoms with E-state index >= 15 is 0 Å². The van der Waals surface area contributed by atoms with Crippen LogP contribution >= 0.6 is 0 Å². The molecule has 2 aromatic rings. The number of halogens is 2. The lowest BCUT2D eigenvalue weighted by molar-refractivity contribution is -0.139. The second kappa shape index (κ2) is 11.2. The quantitative estimate of drug-likeness (QED) is 0.486. The molecule has 1 atom stereocenters. The van der Waals surface area contributed by atoms with Crippen LogP contribution in [0.2, 0.25) is 0 Å². The Balaban J connectivity index is 1.71. The summed E-state index contributed by atoms with van der Waals surface area (Å²) in [6, 6.07) is 7.27. The zero-order chi connectivity index (χ0) is 26.6. The van der Waals surface area contributed by atoms with Crippen LogP contribution in [0, 0.1) is 5.92 Å². The largest absolute Gasteiger partial charge is 0.504 e. The zero-order valence-electron chi connectivity index (χ0n) is 21.1. The Kier molecular flexibility index (Phi) is 8.47. The molecule has 196 valence electrons. The lowest BCUT2D eigenvalue weighted by Gasteiger charge is -2.34. The van der Waals surface area contributed by atoms with Crippen molar-refractivity contribution in [1.82, 2.24) is 15.3 Å². The van der Waals surface area contributed by atoms with Crippen molar-refractivity contribution in [2.45, 2.75) is 71.3 Å². The summed E-state index contributed by atoms with van der Waals surface area (Å²) in [4.78, 5) is 34.0. The Morgan fingerprint density at radius 2 is 1.75 bits per heavy atom. The van der Waals surface area contributed by atoms with Crippen LogP contribution in [0.25, 0.3) is 0 Å². The third-order valence-corrected chi connectivity index (χ3v) is 6.57. The molecular weight excluding hydrogens is 470 g/mol. The van der Waals surface area contributed by atoms with Crippen LogP contribution in [-0.4, -0.2) is 51.2 Å². The SMILES string of the molecule is CCC(NC(=O)c1nc(CC2CCN(c3ccc(C(C)(C)C)cc3)CC2)nc(C(F)F)c1O)C(=O)O. The van der Waals surface area contributed by atoms with Crippen molar-refractivity contribution in [2.75, 3.05) is 18.0 Å². The van der Waals surface area contributed by atoms with E-state index in [1.807, 2.05) is 0 Å². The highest BCUT2D eigenvalue weighted by molar-refractivity contribution is 5.97. The van der Waals surface area contributed by atoms with Gasteiger partial charge in [-0.05, 0) is 48.3 Å². The Morgan fingerprint density at radius 1 is 1.14 bits per heavy atom. The molecule has 0 spiro atoms. The standard InChI is InChI=1S/C26H34F2N4O4/c1-5-18(25(35)36)29-24(34)21-22(33)20(23(27)28)30-19(31-21)14-15-10-12-32(13-11-15)17-8-6-16(7-9-17)26(2,3)4/h6-9,15,18,23,33H,5,10-14H2,1-4H3,(H,29,34)(H,35,36). The van der Waals surface area contributed by atoms with Crippen LogP contribution in [0.4, 0.5) is 14.5 Å². The summed E-state index contributed by atoms with van der Waals surface area (Å²) < 4.78 is 27.1. The lowest BCUT2D eigenvalue weighted by atomic mass is 9.87. The molecule has 10 heteroatoms. The van der Waals surface area contributed by atoms with Crippen molar-refractivity contribution in [3.63, 3.8) is 0 Å². The number of carboxylic acid groups (broad SMARTS) is 1. The normalized spacial score (nSPS) is 15.7.